The highest BCUT2D eigenvalue weighted by molar-refractivity contribution is 7.89. The molecule has 1 aliphatic carbocycles. The van der Waals surface area contributed by atoms with Gasteiger partial charge in [-0.3, -0.25) is 0 Å². The van der Waals surface area contributed by atoms with Crippen LogP contribution in [0, 0.1) is 0 Å². The highest BCUT2D eigenvalue weighted by Crippen LogP contribution is 2.38. The normalized spacial score (nSPS) is 18.7. The number of pyridine rings is 1. The number of rotatable bonds is 7. The smallest absolute Gasteiger partial charge is 0.240 e. The minimum atomic E-state index is -3.52. The fourth-order valence-electron chi connectivity index (χ4n) is 3.75. The van der Waals surface area contributed by atoms with Gasteiger partial charge in [0.1, 0.15) is 10.7 Å². The van der Waals surface area contributed by atoms with E-state index in [4.69, 9.17) is 0 Å². The van der Waals surface area contributed by atoms with Crippen LogP contribution in [-0.2, 0) is 16.6 Å². The van der Waals surface area contributed by atoms with Gasteiger partial charge in [-0.1, -0.05) is 18.2 Å². The number of aromatic amines is 1. The van der Waals surface area contributed by atoms with E-state index in [0.717, 1.165) is 32.2 Å². The molecule has 4 N–H and O–H groups in total. The summed E-state index contributed by atoms with van der Waals surface area (Å²) in [5.74, 6) is 0. The summed E-state index contributed by atoms with van der Waals surface area (Å²) in [5, 5.41) is 14.7. The lowest BCUT2D eigenvalue weighted by Gasteiger charge is -2.37. The Morgan fingerprint density at radius 1 is 1.10 bits per heavy atom. The number of aliphatic hydroxyl groups excluding tert-OH is 1. The van der Waals surface area contributed by atoms with Crippen molar-refractivity contribution < 1.29 is 13.5 Å². The molecule has 3 heterocycles. The monoisotopic (exact) mass is 455 g/mol. The second kappa shape index (κ2) is 8.04. The Bertz CT molecular complexity index is 1310. The highest BCUT2D eigenvalue weighted by Gasteiger charge is 2.33. The van der Waals surface area contributed by atoms with Crippen LogP contribution in [0.2, 0.25) is 0 Å². The summed E-state index contributed by atoms with van der Waals surface area (Å²) in [6, 6.07) is 10.4. The minimum Gasteiger partial charge on any atom is -0.391 e. The molecule has 1 aliphatic rings. The summed E-state index contributed by atoms with van der Waals surface area (Å²) in [5.41, 5.74) is 2.55. The van der Waals surface area contributed by atoms with Crippen LogP contribution in [-0.4, -0.2) is 40.6 Å². The number of nitrogens with one attached hydrogen (secondary N) is 3. The molecule has 0 radical (unpaired) electrons. The molecule has 1 aromatic carbocycles. The van der Waals surface area contributed by atoms with E-state index in [0.29, 0.717) is 12.8 Å². The molecule has 0 spiro atoms. The third-order valence-corrected chi connectivity index (χ3v) is 7.94. The Hall–Kier alpha value is -2.79. The SMILES string of the molecule is O=S(=O)(NC1CC(Nc2c(-c3ncc(CO)s3)cnc3[nH]ccc23)C1)c1ccccc1. The predicted octanol–water partition coefficient (Wildman–Crippen LogP) is 3.10. The Morgan fingerprint density at radius 2 is 1.90 bits per heavy atom. The number of aromatic nitrogens is 3. The molecule has 0 unspecified atom stereocenters. The molecule has 1 fully saturated rings. The van der Waals surface area contributed by atoms with Gasteiger partial charge in [0.05, 0.1) is 27.6 Å². The van der Waals surface area contributed by atoms with Crippen LogP contribution in [0.5, 0.6) is 0 Å². The van der Waals surface area contributed by atoms with Crippen LogP contribution in [0.4, 0.5) is 5.69 Å². The molecule has 0 atom stereocenters. The lowest BCUT2D eigenvalue weighted by atomic mass is 9.87. The second-order valence-corrected chi connectivity index (χ2v) is 10.3. The molecule has 0 bridgehead atoms. The first-order chi connectivity index (χ1) is 15.0. The molecule has 8 nitrogen and oxygen atoms in total. The van der Waals surface area contributed by atoms with Gasteiger partial charge in [0.15, 0.2) is 0 Å². The van der Waals surface area contributed by atoms with Crippen molar-refractivity contribution in [1.82, 2.24) is 19.7 Å². The largest absolute Gasteiger partial charge is 0.391 e. The van der Waals surface area contributed by atoms with Gasteiger partial charge in [0, 0.05) is 36.1 Å². The van der Waals surface area contributed by atoms with Crippen molar-refractivity contribution in [1.29, 1.82) is 0 Å². The highest BCUT2D eigenvalue weighted by atomic mass is 32.2. The van der Waals surface area contributed by atoms with Crippen molar-refractivity contribution in [2.45, 2.75) is 36.4 Å². The zero-order chi connectivity index (χ0) is 21.4. The first kappa shape index (κ1) is 20.1. The summed E-state index contributed by atoms with van der Waals surface area (Å²) in [6.07, 6.45) is 6.64. The molecule has 0 saturated heterocycles. The molecule has 3 aromatic heterocycles. The van der Waals surface area contributed by atoms with E-state index in [1.165, 1.54) is 11.3 Å². The molecule has 160 valence electrons. The number of aliphatic hydroxyl groups is 1. The zero-order valence-corrected chi connectivity index (χ0v) is 18.1. The van der Waals surface area contributed by atoms with E-state index in [2.05, 4.69) is 25.0 Å². The Labute approximate surface area is 183 Å². The number of benzene rings is 1. The molecule has 4 aromatic rings. The minimum absolute atomic E-state index is 0.0495. The van der Waals surface area contributed by atoms with Gasteiger partial charge in [0.2, 0.25) is 10.0 Å². The summed E-state index contributed by atoms with van der Waals surface area (Å²) >= 11 is 1.43. The molecule has 1 saturated carbocycles. The van der Waals surface area contributed by atoms with Crippen molar-refractivity contribution >= 4 is 38.1 Å². The maximum atomic E-state index is 12.5. The lowest BCUT2D eigenvalue weighted by Crippen LogP contribution is -2.49. The fourth-order valence-corrected chi connectivity index (χ4v) is 5.83. The van der Waals surface area contributed by atoms with E-state index < -0.39 is 10.0 Å². The number of sulfonamides is 1. The summed E-state index contributed by atoms with van der Waals surface area (Å²) in [4.78, 5) is 13.1. The number of hydrogen-bond donors (Lipinski definition) is 4. The van der Waals surface area contributed by atoms with E-state index in [1.54, 1.807) is 42.7 Å². The molecule has 0 aliphatic heterocycles. The summed E-state index contributed by atoms with van der Waals surface area (Å²) < 4.78 is 27.9. The van der Waals surface area contributed by atoms with E-state index in [9.17, 15) is 13.5 Å². The Morgan fingerprint density at radius 3 is 2.65 bits per heavy atom. The number of anilines is 1. The standard InChI is InChI=1S/C21H21N5O3S2/c27-12-15-10-24-21(30-15)18-11-23-20-17(6-7-22-20)19(18)25-13-8-14(9-13)26-31(28,29)16-4-2-1-3-5-16/h1-7,10-11,13-14,26-27H,8-9,12H2,(H2,22,23,25). The van der Waals surface area contributed by atoms with E-state index in [1.807, 2.05) is 12.3 Å². The zero-order valence-electron chi connectivity index (χ0n) is 16.4. The maximum absolute atomic E-state index is 12.5. The molecule has 31 heavy (non-hydrogen) atoms. The second-order valence-electron chi connectivity index (χ2n) is 7.52. The van der Waals surface area contributed by atoms with Crippen molar-refractivity contribution in [3.8, 4) is 10.6 Å². The van der Waals surface area contributed by atoms with Crippen LogP contribution < -0.4 is 10.0 Å². The summed E-state index contributed by atoms with van der Waals surface area (Å²) in [6.45, 7) is -0.0495. The number of H-pyrrole nitrogens is 1. The molecule has 10 heteroatoms. The lowest BCUT2D eigenvalue weighted by molar-refractivity contribution is 0.285. The van der Waals surface area contributed by atoms with Crippen LogP contribution in [0.1, 0.15) is 17.7 Å². The third-order valence-electron chi connectivity index (χ3n) is 5.39. The predicted molar refractivity (Wildman–Crippen MR) is 120 cm³/mol. The average Bonchev–Trinajstić information content (AvgIpc) is 3.42. The number of fused-ring (bicyclic) bond motifs is 1. The quantitative estimate of drug-likeness (QED) is 0.340. The topological polar surface area (TPSA) is 120 Å². The Balaban J connectivity index is 1.34. The van der Waals surface area contributed by atoms with Gasteiger partial charge in [-0.05, 0) is 31.0 Å². The van der Waals surface area contributed by atoms with Crippen molar-refractivity contribution in [3.05, 3.63) is 59.9 Å². The van der Waals surface area contributed by atoms with E-state index >= 15 is 0 Å². The first-order valence-electron chi connectivity index (χ1n) is 9.89. The number of thiazole rings is 1. The van der Waals surface area contributed by atoms with Gasteiger partial charge in [-0.2, -0.15) is 0 Å². The number of nitrogens with zero attached hydrogens (tertiary/aromatic N) is 2. The molecular weight excluding hydrogens is 434 g/mol. The molecule has 5 rings (SSSR count). The maximum Gasteiger partial charge on any atom is 0.240 e. The Kier molecular flexibility index (Phi) is 5.22. The van der Waals surface area contributed by atoms with Crippen LogP contribution in [0.25, 0.3) is 21.6 Å². The van der Waals surface area contributed by atoms with Gasteiger partial charge in [0.25, 0.3) is 0 Å². The van der Waals surface area contributed by atoms with Gasteiger partial charge < -0.3 is 15.4 Å². The van der Waals surface area contributed by atoms with Crippen molar-refractivity contribution in [2.75, 3.05) is 5.32 Å². The van der Waals surface area contributed by atoms with E-state index in [-0.39, 0.29) is 23.6 Å². The first-order valence-corrected chi connectivity index (χ1v) is 12.2. The van der Waals surface area contributed by atoms with Crippen LogP contribution in [0.15, 0.2) is 59.9 Å². The fraction of sp³-hybridized carbons (Fsp3) is 0.238. The van der Waals surface area contributed by atoms with Crippen molar-refractivity contribution in [3.63, 3.8) is 0 Å². The van der Waals surface area contributed by atoms with Crippen LogP contribution >= 0.6 is 11.3 Å². The average molecular weight is 456 g/mol. The van der Waals surface area contributed by atoms with Gasteiger partial charge >= 0.3 is 0 Å². The van der Waals surface area contributed by atoms with Gasteiger partial charge in [-0.25, -0.2) is 23.1 Å². The van der Waals surface area contributed by atoms with Crippen molar-refractivity contribution in [2.24, 2.45) is 0 Å². The van der Waals surface area contributed by atoms with Gasteiger partial charge in [-0.15, -0.1) is 11.3 Å². The number of hydrogen-bond acceptors (Lipinski definition) is 7. The molecule has 0 amide bonds. The van der Waals surface area contributed by atoms with Crippen LogP contribution in [0.3, 0.4) is 0 Å². The third kappa shape index (κ3) is 3.94. The summed E-state index contributed by atoms with van der Waals surface area (Å²) in [7, 11) is -3.52. The molecular formula is C21H21N5O3S2.